The van der Waals surface area contributed by atoms with Gasteiger partial charge in [0.1, 0.15) is 6.67 Å². The Bertz CT molecular complexity index is 113. The lowest BCUT2D eigenvalue weighted by Gasteiger charge is -2.26. The molecule has 1 N–H and O–H groups in total. The molecular weight excluding hydrogens is 155 g/mol. The number of piperidine rings is 1. The Morgan fingerprint density at radius 1 is 1.42 bits per heavy atom. The standard InChI is InChI=1S/C9H19FN2/c1-12(7-4-10)8-9-2-5-11-6-3-9/h9,11H,2-8H2,1H3. The number of nitrogens with zero attached hydrogens (tertiary/aromatic N) is 1. The summed E-state index contributed by atoms with van der Waals surface area (Å²) in [4.78, 5) is 2.09. The van der Waals surface area contributed by atoms with Gasteiger partial charge in [-0.3, -0.25) is 0 Å². The highest BCUT2D eigenvalue weighted by molar-refractivity contribution is 4.70. The summed E-state index contributed by atoms with van der Waals surface area (Å²) in [5, 5.41) is 3.33. The van der Waals surface area contributed by atoms with Crippen molar-refractivity contribution in [3.05, 3.63) is 0 Å². The highest BCUT2D eigenvalue weighted by Gasteiger charge is 2.14. The second kappa shape index (κ2) is 5.49. The van der Waals surface area contributed by atoms with Crippen molar-refractivity contribution in [2.24, 2.45) is 5.92 Å². The molecule has 2 nitrogen and oxygen atoms in total. The summed E-state index contributed by atoms with van der Waals surface area (Å²) in [5.41, 5.74) is 0. The van der Waals surface area contributed by atoms with Crippen LogP contribution in [0, 0.1) is 5.92 Å². The van der Waals surface area contributed by atoms with E-state index in [1.807, 2.05) is 7.05 Å². The van der Waals surface area contributed by atoms with Crippen molar-refractivity contribution in [2.75, 3.05) is 39.9 Å². The molecule has 0 radical (unpaired) electrons. The van der Waals surface area contributed by atoms with Crippen LogP contribution in [0.5, 0.6) is 0 Å². The quantitative estimate of drug-likeness (QED) is 0.681. The highest BCUT2D eigenvalue weighted by Crippen LogP contribution is 2.12. The zero-order valence-corrected chi connectivity index (χ0v) is 7.85. The third-order valence-electron chi connectivity index (χ3n) is 2.49. The summed E-state index contributed by atoms with van der Waals surface area (Å²) < 4.78 is 11.9. The molecule has 0 aliphatic carbocycles. The smallest absolute Gasteiger partial charge is 0.102 e. The average molecular weight is 174 g/mol. The van der Waals surface area contributed by atoms with Crippen molar-refractivity contribution in [3.63, 3.8) is 0 Å². The Hall–Kier alpha value is -0.150. The molecule has 0 aromatic heterocycles. The first-order chi connectivity index (χ1) is 5.83. The fourth-order valence-electron chi connectivity index (χ4n) is 1.74. The number of nitrogens with one attached hydrogen (secondary N) is 1. The topological polar surface area (TPSA) is 15.3 Å². The third-order valence-corrected chi connectivity index (χ3v) is 2.49. The van der Waals surface area contributed by atoms with E-state index >= 15 is 0 Å². The van der Waals surface area contributed by atoms with Gasteiger partial charge in [0.05, 0.1) is 0 Å². The Labute approximate surface area is 74.1 Å². The van der Waals surface area contributed by atoms with E-state index in [9.17, 15) is 4.39 Å². The molecule has 0 atom stereocenters. The van der Waals surface area contributed by atoms with E-state index in [1.165, 1.54) is 12.8 Å². The van der Waals surface area contributed by atoms with Crippen LogP contribution in [-0.4, -0.2) is 44.8 Å². The van der Waals surface area contributed by atoms with Crippen molar-refractivity contribution in [1.82, 2.24) is 10.2 Å². The van der Waals surface area contributed by atoms with Gasteiger partial charge in [-0.25, -0.2) is 4.39 Å². The van der Waals surface area contributed by atoms with Gasteiger partial charge in [-0.2, -0.15) is 0 Å². The minimum absolute atomic E-state index is 0.221. The van der Waals surface area contributed by atoms with E-state index < -0.39 is 0 Å². The maximum absolute atomic E-state index is 11.9. The second-order valence-electron chi connectivity index (χ2n) is 3.64. The maximum atomic E-state index is 11.9. The first-order valence-electron chi connectivity index (χ1n) is 4.78. The van der Waals surface area contributed by atoms with Crippen LogP contribution >= 0.6 is 0 Å². The van der Waals surface area contributed by atoms with E-state index in [2.05, 4.69) is 10.2 Å². The van der Waals surface area contributed by atoms with E-state index in [0.29, 0.717) is 6.54 Å². The molecule has 0 amide bonds. The van der Waals surface area contributed by atoms with E-state index in [-0.39, 0.29) is 6.67 Å². The summed E-state index contributed by atoms with van der Waals surface area (Å²) >= 11 is 0. The summed E-state index contributed by atoms with van der Waals surface area (Å²) in [5.74, 6) is 0.780. The third kappa shape index (κ3) is 3.50. The van der Waals surface area contributed by atoms with Gasteiger partial charge in [-0.1, -0.05) is 0 Å². The molecule has 1 aliphatic rings. The molecule has 0 aromatic carbocycles. The molecule has 0 unspecified atom stereocenters. The molecule has 0 saturated carbocycles. The van der Waals surface area contributed by atoms with Crippen LogP contribution in [-0.2, 0) is 0 Å². The Morgan fingerprint density at radius 3 is 2.67 bits per heavy atom. The molecule has 0 bridgehead atoms. The predicted octanol–water partition coefficient (Wildman–Crippen LogP) is 0.887. The van der Waals surface area contributed by atoms with Crippen LogP contribution in [0.15, 0.2) is 0 Å². The lowest BCUT2D eigenvalue weighted by molar-refractivity contribution is 0.225. The Morgan fingerprint density at radius 2 is 2.08 bits per heavy atom. The van der Waals surface area contributed by atoms with Crippen LogP contribution < -0.4 is 5.32 Å². The lowest BCUT2D eigenvalue weighted by Crippen LogP contribution is -2.35. The zero-order chi connectivity index (χ0) is 8.81. The van der Waals surface area contributed by atoms with Crippen LogP contribution in [0.3, 0.4) is 0 Å². The van der Waals surface area contributed by atoms with E-state index in [4.69, 9.17) is 0 Å². The molecule has 72 valence electrons. The van der Waals surface area contributed by atoms with Gasteiger partial charge in [0.25, 0.3) is 0 Å². The zero-order valence-electron chi connectivity index (χ0n) is 7.85. The summed E-state index contributed by atoms with van der Waals surface area (Å²) in [6.07, 6.45) is 2.49. The van der Waals surface area contributed by atoms with Gasteiger partial charge in [-0.05, 0) is 38.9 Å². The van der Waals surface area contributed by atoms with Gasteiger partial charge in [-0.15, -0.1) is 0 Å². The Kier molecular flexibility index (Phi) is 4.54. The van der Waals surface area contributed by atoms with Crippen LogP contribution in [0.4, 0.5) is 4.39 Å². The number of hydrogen-bond donors (Lipinski definition) is 1. The van der Waals surface area contributed by atoms with Crippen molar-refractivity contribution in [2.45, 2.75) is 12.8 Å². The SMILES string of the molecule is CN(CCF)CC1CCNCC1. The van der Waals surface area contributed by atoms with Crippen molar-refractivity contribution < 1.29 is 4.39 Å². The van der Waals surface area contributed by atoms with Gasteiger partial charge in [0.15, 0.2) is 0 Å². The summed E-state index contributed by atoms with van der Waals surface area (Å²) in [7, 11) is 2.00. The van der Waals surface area contributed by atoms with E-state index in [0.717, 1.165) is 25.6 Å². The molecule has 1 rings (SSSR count). The van der Waals surface area contributed by atoms with E-state index in [1.54, 1.807) is 0 Å². The number of alkyl halides is 1. The largest absolute Gasteiger partial charge is 0.317 e. The van der Waals surface area contributed by atoms with Crippen molar-refractivity contribution >= 4 is 0 Å². The molecular formula is C9H19FN2. The highest BCUT2D eigenvalue weighted by atomic mass is 19.1. The lowest BCUT2D eigenvalue weighted by atomic mass is 9.98. The number of hydrogen-bond acceptors (Lipinski definition) is 2. The van der Waals surface area contributed by atoms with Crippen LogP contribution in [0.25, 0.3) is 0 Å². The second-order valence-corrected chi connectivity index (χ2v) is 3.64. The molecule has 1 fully saturated rings. The predicted molar refractivity (Wildman–Crippen MR) is 49.1 cm³/mol. The monoisotopic (exact) mass is 174 g/mol. The first-order valence-corrected chi connectivity index (χ1v) is 4.78. The van der Waals surface area contributed by atoms with Gasteiger partial charge in [0, 0.05) is 13.1 Å². The molecule has 1 heterocycles. The maximum Gasteiger partial charge on any atom is 0.102 e. The van der Waals surface area contributed by atoms with Crippen LogP contribution in [0.1, 0.15) is 12.8 Å². The fraction of sp³-hybridized carbons (Fsp3) is 1.00. The molecule has 1 aliphatic heterocycles. The fourth-order valence-corrected chi connectivity index (χ4v) is 1.74. The number of halogens is 1. The average Bonchev–Trinajstić information content (AvgIpc) is 2.06. The van der Waals surface area contributed by atoms with Gasteiger partial charge >= 0.3 is 0 Å². The minimum Gasteiger partial charge on any atom is -0.317 e. The van der Waals surface area contributed by atoms with Crippen LogP contribution in [0.2, 0.25) is 0 Å². The first kappa shape index (κ1) is 9.93. The molecule has 12 heavy (non-hydrogen) atoms. The molecule has 0 aromatic rings. The minimum atomic E-state index is -0.221. The van der Waals surface area contributed by atoms with Gasteiger partial charge in [0.2, 0.25) is 0 Å². The normalized spacial score (nSPS) is 20.2. The molecule has 0 spiro atoms. The Balaban J connectivity index is 2.11. The molecule has 1 saturated heterocycles. The number of rotatable bonds is 4. The molecule has 3 heteroatoms. The van der Waals surface area contributed by atoms with Crippen molar-refractivity contribution in [3.8, 4) is 0 Å². The summed E-state index contributed by atoms with van der Waals surface area (Å²) in [6.45, 7) is 3.69. The van der Waals surface area contributed by atoms with Gasteiger partial charge < -0.3 is 10.2 Å². The van der Waals surface area contributed by atoms with Crippen molar-refractivity contribution in [1.29, 1.82) is 0 Å². The summed E-state index contributed by atoms with van der Waals surface area (Å²) in [6, 6.07) is 0.